The van der Waals surface area contributed by atoms with Crippen molar-refractivity contribution in [1.29, 1.82) is 0 Å². The minimum absolute atomic E-state index is 0.332. The molecule has 2 unspecified atom stereocenters. The summed E-state index contributed by atoms with van der Waals surface area (Å²) < 4.78 is 5.90. The lowest BCUT2D eigenvalue weighted by Gasteiger charge is -2.38. The highest BCUT2D eigenvalue weighted by Gasteiger charge is 2.31. The van der Waals surface area contributed by atoms with Crippen molar-refractivity contribution in [2.75, 3.05) is 6.61 Å². The second-order valence-electron chi connectivity index (χ2n) is 10.2. The summed E-state index contributed by atoms with van der Waals surface area (Å²) in [6.45, 7) is 7.18. The largest absolute Gasteiger partial charge is 0.374 e. The fraction of sp³-hybridized carbons (Fsp3) is 0.923. The van der Waals surface area contributed by atoms with E-state index in [4.69, 9.17) is 4.74 Å². The van der Waals surface area contributed by atoms with E-state index in [0.29, 0.717) is 6.10 Å². The lowest BCUT2D eigenvalue weighted by molar-refractivity contribution is 0.00604. The molecule has 2 atom stereocenters. The summed E-state index contributed by atoms with van der Waals surface area (Å²) in [5, 5.41) is 0. The normalized spacial score (nSPS) is 37.8. The predicted octanol–water partition coefficient (Wildman–Crippen LogP) is 7.94. The Morgan fingerprint density at radius 1 is 0.704 bits per heavy atom. The Hall–Kier alpha value is -0.300. The van der Waals surface area contributed by atoms with Crippen LogP contribution in [0, 0.1) is 29.6 Å². The molecular formula is C26H46O. The van der Waals surface area contributed by atoms with Crippen molar-refractivity contribution in [3.8, 4) is 0 Å². The van der Waals surface area contributed by atoms with Crippen molar-refractivity contribution in [3.63, 3.8) is 0 Å². The van der Waals surface area contributed by atoms with E-state index in [1.165, 1.54) is 77.0 Å². The van der Waals surface area contributed by atoms with Crippen molar-refractivity contribution in [3.05, 3.63) is 12.7 Å². The van der Waals surface area contributed by atoms with Crippen LogP contribution in [0.2, 0.25) is 0 Å². The summed E-state index contributed by atoms with van der Waals surface area (Å²) in [6, 6.07) is 0. The molecule has 0 spiro atoms. The molecule has 1 nitrogen and oxygen atoms in total. The van der Waals surface area contributed by atoms with Gasteiger partial charge in [-0.2, -0.15) is 0 Å². The molecule has 0 radical (unpaired) electrons. The van der Waals surface area contributed by atoms with E-state index in [1.54, 1.807) is 25.7 Å². The van der Waals surface area contributed by atoms with Gasteiger partial charge in [-0.25, -0.2) is 0 Å². The first kappa shape index (κ1) is 21.4. The SMILES string of the molecule is C=CC1CCC(CCC2CCC(C3CCC(CCCCC)CC3)CC2)CO1. The minimum atomic E-state index is 0.332. The topological polar surface area (TPSA) is 9.23 Å². The lowest BCUT2D eigenvalue weighted by Crippen LogP contribution is -2.27. The third-order valence-electron chi connectivity index (χ3n) is 8.32. The first-order valence-electron chi connectivity index (χ1n) is 12.5. The van der Waals surface area contributed by atoms with Crippen molar-refractivity contribution >= 4 is 0 Å². The summed E-state index contributed by atoms with van der Waals surface area (Å²) in [5.41, 5.74) is 0. The molecular weight excluding hydrogens is 328 g/mol. The average molecular weight is 375 g/mol. The molecule has 3 fully saturated rings. The van der Waals surface area contributed by atoms with Gasteiger partial charge >= 0.3 is 0 Å². The van der Waals surface area contributed by atoms with E-state index in [9.17, 15) is 0 Å². The number of hydrogen-bond acceptors (Lipinski definition) is 1. The Morgan fingerprint density at radius 2 is 1.26 bits per heavy atom. The Morgan fingerprint density at radius 3 is 1.78 bits per heavy atom. The smallest absolute Gasteiger partial charge is 0.0753 e. The molecule has 0 amide bonds. The monoisotopic (exact) mass is 374 g/mol. The van der Waals surface area contributed by atoms with Crippen LogP contribution in [0.1, 0.15) is 110 Å². The zero-order chi connectivity index (χ0) is 18.9. The second-order valence-corrected chi connectivity index (χ2v) is 10.2. The first-order valence-corrected chi connectivity index (χ1v) is 12.5. The average Bonchev–Trinajstić information content (AvgIpc) is 2.74. The molecule has 1 heterocycles. The number of ether oxygens (including phenoxy) is 1. The molecule has 2 aliphatic carbocycles. The second kappa shape index (κ2) is 11.6. The van der Waals surface area contributed by atoms with Crippen LogP contribution in [-0.2, 0) is 4.74 Å². The van der Waals surface area contributed by atoms with Crippen molar-refractivity contribution in [1.82, 2.24) is 0 Å². The molecule has 1 heteroatoms. The van der Waals surface area contributed by atoms with E-state index in [2.05, 4.69) is 13.5 Å². The summed E-state index contributed by atoms with van der Waals surface area (Å²) in [6.07, 6.45) is 25.9. The van der Waals surface area contributed by atoms with Gasteiger partial charge < -0.3 is 4.74 Å². The Kier molecular flexibility index (Phi) is 9.23. The molecule has 0 aromatic rings. The fourth-order valence-corrected chi connectivity index (χ4v) is 6.29. The molecule has 156 valence electrons. The number of unbranched alkanes of at least 4 members (excludes halogenated alkanes) is 2. The molecule has 0 aromatic carbocycles. The summed E-state index contributed by atoms with van der Waals surface area (Å²) in [4.78, 5) is 0. The van der Waals surface area contributed by atoms with Gasteiger partial charge in [-0.15, -0.1) is 6.58 Å². The minimum Gasteiger partial charge on any atom is -0.374 e. The van der Waals surface area contributed by atoms with Crippen LogP contribution in [0.5, 0.6) is 0 Å². The number of rotatable bonds is 9. The van der Waals surface area contributed by atoms with Gasteiger partial charge in [0.15, 0.2) is 0 Å². The van der Waals surface area contributed by atoms with Crippen molar-refractivity contribution in [2.45, 2.75) is 116 Å². The van der Waals surface area contributed by atoms with Crippen molar-refractivity contribution < 1.29 is 4.74 Å². The zero-order valence-electron chi connectivity index (χ0n) is 18.2. The maximum absolute atomic E-state index is 5.90. The van der Waals surface area contributed by atoms with Gasteiger partial charge in [0, 0.05) is 0 Å². The van der Waals surface area contributed by atoms with Gasteiger partial charge in [-0.1, -0.05) is 70.8 Å². The molecule has 1 aliphatic heterocycles. The fourth-order valence-electron chi connectivity index (χ4n) is 6.29. The summed E-state index contributed by atoms with van der Waals surface area (Å²) >= 11 is 0. The van der Waals surface area contributed by atoms with Crippen LogP contribution in [0.25, 0.3) is 0 Å². The summed E-state index contributed by atoms with van der Waals surface area (Å²) in [5.74, 6) is 5.06. The maximum atomic E-state index is 5.90. The molecule has 0 N–H and O–H groups in total. The van der Waals surface area contributed by atoms with Gasteiger partial charge in [0.1, 0.15) is 0 Å². The third-order valence-corrected chi connectivity index (χ3v) is 8.32. The van der Waals surface area contributed by atoms with E-state index in [-0.39, 0.29) is 0 Å². The quantitative estimate of drug-likeness (QED) is 0.294. The van der Waals surface area contributed by atoms with Crippen LogP contribution < -0.4 is 0 Å². The molecule has 1 saturated heterocycles. The van der Waals surface area contributed by atoms with Crippen molar-refractivity contribution in [2.24, 2.45) is 29.6 Å². The highest BCUT2D eigenvalue weighted by atomic mass is 16.5. The Balaban J connectivity index is 1.27. The molecule has 0 bridgehead atoms. The lowest BCUT2D eigenvalue weighted by atomic mass is 9.68. The van der Waals surface area contributed by atoms with E-state index < -0.39 is 0 Å². The van der Waals surface area contributed by atoms with E-state index in [1.807, 2.05) is 6.08 Å². The van der Waals surface area contributed by atoms with Gasteiger partial charge in [0.25, 0.3) is 0 Å². The molecule has 27 heavy (non-hydrogen) atoms. The Bertz CT molecular complexity index is 392. The van der Waals surface area contributed by atoms with Gasteiger partial charge in [0.05, 0.1) is 12.7 Å². The number of hydrogen-bond donors (Lipinski definition) is 0. The van der Waals surface area contributed by atoms with Gasteiger partial charge in [0.2, 0.25) is 0 Å². The maximum Gasteiger partial charge on any atom is 0.0753 e. The molecule has 3 aliphatic rings. The standard InChI is InChI=1S/C26H46O/c1-3-5-6-7-21-10-15-24(16-11-21)25-17-12-22(13-18-25)8-9-23-14-19-26(4-2)27-20-23/h4,21-26H,2-3,5-20H2,1H3. The zero-order valence-corrected chi connectivity index (χ0v) is 18.2. The van der Waals surface area contributed by atoms with Gasteiger partial charge in [-0.05, 0) is 74.5 Å². The van der Waals surface area contributed by atoms with Crippen LogP contribution in [-0.4, -0.2) is 12.7 Å². The highest BCUT2D eigenvalue weighted by Crippen LogP contribution is 2.43. The first-order chi connectivity index (χ1) is 13.3. The molecule has 0 aromatic heterocycles. The van der Waals surface area contributed by atoms with Crippen LogP contribution in [0.15, 0.2) is 12.7 Å². The van der Waals surface area contributed by atoms with E-state index in [0.717, 1.165) is 36.2 Å². The van der Waals surface area contributed by atoms with Crippen LogP contribution in [0.4, 0.5) is 0 Å². The van der Waals surface area contributed by atoms with Gasteiger partial charge in [-0.3, -0.25) is 0 Å². The molecule has 2 saturated carbocycles. The van der Waals surface area contributed by atoms with Crippen LogP contribution in [0.3, 0.4) is 0 Å². The summed E-state index contributed by atoms with van der Waals surface area (Å²) in [7, 11) is 0. The molecule has 3 rings (SSSR count). The predicted molar refractivity (Wildman–Crippen MR) is 117 cm³/mol. The Labute approximate surface area is 169 Å². The highest BCUT2D eigenvalue weighted by molar-refractivity contribution is 4.85. The van der Waals surface area contributed by atoms with E-state index >= 15 is 0 Å². The van der Waals surface area contributed by atoms with Crippen LogP contribution >= 0.6 is 0 Å². The third kappa shape index (κ3) is 6.91.